The van der Waals surface area contributed by atoms with E-state index in [-0.39, 0.29) is 6.10 Å². The van der Waals surface area contributed by atoms with Gasteiger partial charge in [-0.15, -0.1) is 0 Å². The van der Waals surface area contributed by atoms with Crippen LogP contribution < -0.4 is 4.74 Å². The van der Waals surface area contributed by atoms with Crippen LogP contribution in [0.15, 0.2) is 42.5 Å². The van der Waals surface area contributed by atoms with Crippen molar-refractivity contribution >= 4 is 39.0 Å². The van der Waals surface area contributed by atoms with Crippen molar-refractivity contribution in [1.29, 1.82) is 0 Å². The van der Waals surface area contributed by atoms with Gasteiger partial charge in [0.1, 0.15) is 11.9 Å². The van der Waals surface area contributed by atoms with E-state index in [4.69, 9.17) is 28.6 Å². The summed E-state index contributed by atoms with van der Waals surface area (Å²) >= 11 is 10.8. The van der Waals surface area contributed by atoms with Gasteiger partial charge < -0.3 is 9.64 Å². The summed E-state index contributed by atoms with van der Waals surface area (Å²) in [7, 11) is 0. The van der Waals surface area contributed by atoms with Crippen molar-refractivity contribution in [3.05, 3.63) is 42.5 Å². The summed E-state index contributed by atoms with van der Waals surface area (Å²) in [4.78, 5) is 1.97. The van der Waals surface area contributed by atoms with Gasteiger partial charge in [0.2, 0.25) is 0 Å². The van der Waals surface area contributed by atoms with E-state index in [0.717, 1.165) is 25.3 Å². The molecule has 2 nitrogen and oxygen atoms in total. The first-order chi connectivity index (χ1) is 9.22. The van der Waals surface area contributed by atoms with E-state index in [1.165, 1.54) is 10.8 Å². The molecule has 0 aromatic heterocycles. The first kappa shape index (κ1) is 12.7. The van der Waals surface area contributed by atoms with Crippen LogP contribution in [-0.2, 0) is 0 Å². The van der Waals surface area contributed by atoms with Gasteiger partial charge in [-0.05, 0) is 35.1 Å². The molecule has 0 amide bonds. The van der Waals surface area contributed by atoms with Gasteiger partial charge in [0, 0.05) is 13.0 Å². The summed E-state index contributed by atoms with van der Waals surface area (Å²) < 4.78 is 6.44. The molecule has 1 aliphatic heterocycles. The van der Waals surface area contributed by atoms with Gasteiger partial charge >= 0.3 is 0 Å². The van der Waals surface area contributed by atoms with Crippen LogP contribution in [0.3, 0.4) is 0 Å². The van der Waals surface area contributed by atoms with Crippen molar-refractivity contribution in [3.8, 4) is 5.75 Å². The Morgan fingerprint density at radius 3 is 2.74 bits per heavy atom. The first-order valence-electron chi connectivity index (χ1n) is 6.32. The van der Waals surface area contributed by atoms with Crippen LogP contribution in [0.25, 0.3) is 10.8 Å². The molecule has 0 aliphatic carbocycles. The molecule has 3 rings (SSSR count). The minimum atomic E-state index is 0.165. The van der Waals surface area contributed by atoms with Gasteiger partial charge in [0.25, 0.3) is 0 Å². The Kier molecular flexibility index (Phi) is 3.58. The summed E-state index contributed by atoms with van der Waals surface area (Å²) in [5.41, 5.74) is 0. The second-order valence-corrected chi connectivity index (χ2v) is 5.71. The molecule has 1 aliphatic rings. The summed E-state index contributed by atoms with van der Waals surface area (Å²) in [6, 6.07) is 14.5. The lowest BCUT2D eigenvalue weighted by Crippen LogP contribution is -2.26. The van der Waals surface area contributed by atoms with E-state index in [1.807, 2.05) is 23.1 Å². The van der Waals surface area contributed by atoms with Crippen LogP contribution >= 0.6 is 23.8 Å². The zero-order chi connectivity index (χ0) is 13.2. The molecule has 0 radical (unpaired) electrons. The van der Waals surface area contributed by atoms with Crippen LogP contribution in [0.2, 0.25) is 0 Å². The van der Waals surface area contributed by atoms with Crippen molar-refractivity contribution in [2.24, 2.45) is 0 Å². The Hall–Kier alpha value is -1.32. The number of ether oxygens (including phenoxy) is 1. The number of hydrogen-bond acceptors (Lipinski definition) is 2. The smallest absolute Gasteiger partial charge is 0.170 e. The number of fused-ring (bicyclic) bond motifs is 1. The van der Waals surface area contributed by atoms with Crippen molar-refractivity contribution in [3.63, 3.8) is 0 Å². The highest BCUT2D eigenvalue weighted by Crippen LogP contribution is 2.24. The van der Waals surface area contributed by atoms with E-state index in [9.17, 15) is 0 Å². The number of benzene rings is 2. The van der Waals surface area contributed by atoms with Gasteiger partial charge in [0.05, 0.1) is 6.54 Å². The third kappa shape index (κ3) is 2.82. The molecule has 1 heterocycles. The highest BCUT2D eigenvalue weighted by Gasteiger charge is 2.24. The van der Waals surface area contributed by atoms with E-state index in [0.29, 0.717) is 4.45 Å². The molecule has 1 atom stereocenters. The molecule has 1 saturated heterocycles. The van der Waals surface area contributed by atoms with Crippen LogP contribution in [0, 0.1) is 0 Å². The van der Waals surface area contributed by atoms with Gasteiger partial charge in [-0.1, -0.05) is 41.9 Å². The lowest BCUT2D eigenvalue weighted by Gasteiger charge is -2.16. The fourth-order valence-corrected chi connectivity index (χ4v) is 2.74. The normalized spacial score (nSPS) is 18.8. The number of halogens is 1. The van der Waals surface area contributed by atoms with Crippen LogP contribution in [-0.4, -0.2) is 28.5 Å². The standard InChI is InChI=1S/C15H14ClNOS/c16-15(19)17-8-7-14(10-17)18-13-6-5-11-3-1-2-4-12(11)9-13/h1-6,9,14H,7-8,10H2. The lowest BCUT2D eigenvalue weighted by atomic mass is 10.1. The number of thiocarbonyl (C=S) groups is 1. The Labute approximate surface area is 122 Å². The Bertz CT molecular complexity index is 616. The summed E-state index contributed by atoms with van der Waals surface area (Å²) in [5, 5.41) is 2.42. The molecule has 4 heteroatoms. The van der Waals surface area contributed by atoms with E-state index >= 15 is 0 Å². The SMILES string of the molecule is S=C(Cl)N1CCC(Oc2ccc3ccccc3c2)C1. The number of likely N-dealkylation sites (tertiary alicyclic amines) is 1. The summed E-state index contributed by atoms with van der Waals surface area (Å²) in [5.74, 6) is 0.908. The second kappa shape index (κ2) is 5.35. The Morgan fingerprint density at radius 1 is 1.21 bits per heavy atom. The molecule has 1 unspecified atom stereocenters. The van der Waals surface area contributed by atoms with Gasteiger partial charge in [-0.2, -0.15) is 0 Å². The molecule has 2 aromatic rings. The zero-order valence-electron chi connectivity index (χ0n) is 10.4. The highest BCUT2D eigenvalue weighted by atomic mass is 35.5. The Morgan fingerprint density at radius 2 is 2.00 bits per heavy atom. The minimum Gasteiger partial charge on any atom is -0.488 e. The van der Waals surface area contributed by atoms with Crippen molar-refractivity contribution in [2.75, 3.05) is 13.1 Å². The average Bonchev–Trinajstić information content (AvgIpc) is 2.87. The van der Waals surface area contributed by atoms with E-state index < -0.39 is 0 Å². The van der Waals surface area contributed by atoms with Crippen molar-refractivity contribution in [1.82, 2.24) is 4.90 Å². The maximum Gasteiger partial charge on any atom is 0.170 e. The van der Waals surface area contributed by atoms with Crippen LogP contribution in [0.5, 0.6) is 5.75 Å². The largest absolute Gasteiger partial charge is 0.488 e. The fraction of sp³-hybridized carbons (Fsp3) is 0.267. The summed E-state index contributed by atoms with van der Waals surface area (Å²) in [6.45, 7) is 1.65. The molecule has 0 saturated carbocycles. The molecular weight excluding hydrogens is 278 g/mol. The van der Waals surface area contributed by atoms with E-state index in [1.54, 1.807) is 0 Å². The monoisotopic (exact) mass is 291 g/mol. The second-order valence-electron chi connectivity index (χ2n) is 4.74. The molecule has 19 heavy (non-hydrogen) atoms. The van der Waals surface area contributed by atoms with Crippen LogP contribution in [0.4, 0.5) is 0 Å². The molecule has 0 bridgehead atoms. The topological polar surface area (TPSA) is 12.5 Å². The quantitative estimate of drug-likeness (QED) is 0.474. The van der Waals surface area contributed by atoms with Gasteiger partial charge in [0.15, 0.2) is 4.45 Å². The molecule has 98 valence electrons. The number of hydrogen-bond donors (Lipinski definition) is 0. The predicted octanol–water partition coefficient (Wildman–Crippen LogP) is 3.82. The van der Waals surface area contributed by atoms with Gasteiger partial charge in [-0.3, -0.25) is 0 Å². The Balaban J connectivity index is 1.73. The zero-order valence-corrected chi connectivity index (χ0v) is 12.0. The highest BCUT2D eigenvalue weighted by molar-refractivity contribution is 7.83. The minimum absolute atomic E-state index is 0.165. The number of nitrogens with zero attached hydrogens (tertiary/aromatic N) is 1. The molecule has 0 N–H and O–H groups in total. The van der Waals surface area contributed by atoms with Crippen molar-refractivity contribution in [2.45, 2.75) is 12.5 Å². The van der Waals surface area contributed by atoms with Crippen molar-refractivity contribution < 1.29 is 4.74 Å². The van der Waals surface area contributed by atoms with Crippen LogP contribution in [0.1, 0.15) is 6.42 Å². The predicted molar refractivity (Wildman–Crippen MR) is 83.0 cm³/mol. The first-order valence-corrected chi connectivity index (χ1v) is 7.11. The molecule has 1 fully saturated rings. The fourth-order valence-electron chi connectivity index (χ4n) is 2.42. The number of rotatable bonds is 2. The third-order valence-electron chi connectivity index (χ3n) is 3.42. The molecule has 0 spiro atoms. The summed E-state index contributed by atoms with van der Waals surface area (Å²) in [6.07, 6.45) is 1.12. The lowest BCUT2D eigenvalue weighted by molar-refractivity contribution is 0.215. The average molecular weight is 292 g/mol. The molecular formula is C15H14ClNOS. The third-order valence-corrected chi connectivity index (χ3v) is 3.91. The van der Waals surface area contributed by atoms with E-state index in [2.05, 4.69) is 24.3 Å². The maximum atomic E-state index is 6.00. The molecule has 2 aromatic carbocycles. The maximum absolute atomic E-state index is 6.00. The van der Waals surface area contributed by atoms with Gasteiger partial charge in [-0.25, -0.2) is 0 Å².